The molecule has 1 saturated heterocycles. The van der Waals surface area contributed by atoms with Crippen LogP contribution in [0.5, 0.6) is 0 Å². The predicted molar refractivity (Wildman–Crippen MR) is 118 cm³/mol. The Kier molecular flexibility index (Phi) is 7.44. The molecule has 2 heterocycles. The fourth-order valence-corrected chi connectivity index (χ4v) is 6.38. The summed E-state index contributed by atoms with van der Waals surface area (Å²) in [6.07, 6.45) is 3.00. The topological polar surface area (TPSA) is 83.5 Å². The standard InChI is InChI=1S/C22H28N2O4S2/c1-16-14-19(17(2)29-16)20(25)10-11-22(26)23-15-18-8-4-5-9-21(18)30(27,28)24-12-6-3-7-13-24/h4-5,8-9,14H,3,6-7,10-13,15H2,1-2H3,(H,23,26). The van der Waals surface area contributed by atoms with Crippen molar-refractivity contribution in [3.63, 3.8) is 0 Å². The number of rotatable bonds is 8. The third kappa shape index (κ3) is 5.36. The van der Waals surface area contributed by atoms with Crippen molar-refractivity contribution in [2.24, 2.45) is 0 Å². The van der Waals surface area contributed by atoms with Crippen LogP contribution in [0.4, 0.5) is 0 Å². The van der Waals surface area contributed by atoms with Gasteiger partial charge in [0.25, 0.3) is 0 Å². The number of amides is 1. The van der Waals surface area contributed by atoms with Gasteiger partial charge in [0.1, 0.15) is 0 Å². The number of Topliss-reactive ketones (excluding diaryl/α,β-unsaturated/α-hetero) is 1. The van der Waals surface area contributed by atoms with Crippen LogP contribution in [0.2, 0.25) is 0 Å². The lowest BCUT2D eigenvalue weighted by Gasteiger charge is -2.26. The first kappa shape index (κ1) is 22.7. The molecule has 0 spiro atoms. The molecule has 3 rings (SSSR count). The molecular formula is C22H28N2O4S2. The van der Waals surface area contributed by atoms with E-state index in [0.717, 1.165) is 29.0 Å². The van der Waals surface area contributed by atoms with Gasteiger partial charge in [0.05, 0.1) is 4.90 Å². The third-order valence-electron chi connectivity index (χ3n) is 5.30. The van der Waals surface area contributed by atoms with Gasteiger partial charge in [0.2, 0.25) is 15.9 Å². The number of hydrogen-bond acceptors (Lipinski definition) is 5. The Morgan fingerprint density at radius 2 is 1.77 bits per heavy atom. The van der Waals surface area contributed by atoms with Gasteiger partial charge in [-0.1, -0.05) is 24.6 Å². The molecule has 1 N–H and O–H groups in total. The van der Waals surface area contributed by atoms with Crippen LogP contribution in [0.15, 0.2) is 35.2 Å². The van der Waals surface area contributed by atoms with E-state index in [1.807, 2.05) is 19.9 Å². The van der Waals surface area contributed by atoms with Gasteiger partial charge in [-0.3, -0.25) is 9.59 Å². The highest BCUT2D eigenvalue weighted by atomic mass is 32.2. The van der Waals surface area contributed by atoms with Gasteiger partial charge < -0.3 is 5.32 Å². The number of piperidine rings is 1. The van der Waals surface area contributed by atoms with Crippen molar-refractivity contribution >= 4 is 33.1 Å². The van der Waals surface area contributed by atoms with Crippen LogP contribution in [-0.4, -0.2) is 37.5 Å². The summed E-state index contributed by atoms with van der Waals surface area (Å²) in [7, 11) is -3.58. The Morgan fingerprint density at radius 3 is 2.43 bits per heavy atom. The van der Waals surface area contributed by atoms with Crippen molar-refractivity contribution < 1.29 is 18.0 Å². The summed E-state index contributed by atoms with van der Waals surface area (Å²) >= 11 is 1.57. The maximum absolute atomic E-state index is 13.0. The van der Waals surface area contributed by atoms with Crippen molar-refractivity contribution in [1.29, 1.82) is 0 Å². The highest BCUT2D eigenvalue weighted by molar-refractivity contribution is 7.89. The van der Waals surface area contributed by atoms with Crippen molar-refractivity contribution in [2.45, 2.75) is 57.4 Å². The molecule has 1 amide bonds. The second-order valence-corrected chi connectivity index (χ2v) is 11.0. The maximum Gasteiger partial charge on any atom is 0.243 e. The average Bonchev–Trinajstić information content (AvgIpc) is 3.09. The van der Waals surface area contributed by atoms with Crippen molar-refractivity contribution in [2.75, 3.05) is 13.1 Å². The third-order valence-corrected chi connectivity index (χ3v) is 8.27. The molecule has 1 aliphatic heterocycles. The van der Waals surface area contributed by atoms with Gasteiger partial charge in [0, 0.05) is 47.8 Å². The van der Waals surface area contributed by atoms with Crippen LogP contribution >= 0.6 is 11.3 Å². The Balaban J connectivity index is 1.60. The number of nitrogens with one attached hydrogen (secondary N) is 1. The first-order chi connectivity index (χ1) is 14.3. The van der Waals surface area contributed by atoms with Gasteiger partial charge in [0.15, 0.2) is 5.78 Å². The number of ketones is 1. The number of carbonyl (C=O) groups excluding carboxylic acids is 2. The van der Waals surface area contributed by atoms with Gasteiger partial charge in [-0.15, -0.1) is 11.3 Å². The zero-order valence-electron chi connectivity index (χ0n) is 17.4. The molecule has 8 heteroatoms. The van der Waals surface area contributed by atoms with E-state index in [2.05, 4.69) is 5.32 Å². The fraction of sp³-hybridized carbons (Fsp3) is 0.455. The minimum atomic E-state index is -3.58. The molecule has 0 unspecified atom stereocenters. The minimum absolute atomic E-state index is 0.0416. The predicted octanol–water partition coefficient (Wildman–Crippen LogP) is 3.82. The summed E-state index contributed by atoms with van der Waals surface area (Å²) in [5.74, 6) is -0.307. The summed E-state index contributed by atoms with van der Waals surface area (Å²) in [5, 5.41) is 2.77. The van der Waals surface area contributed by atoms with Crippen LogP contribution in [0.1, 0.15) is 57.8 Å². The quantitative estimate of drug-likeness (QED) is 0.622. The van der Waals surface area contributed by atoms with Gasteiger partial charge >= 0.3 is 0 Å². The molecule has 2 aromatic rings. The number of sulfonamides is 1. The Morgan fingerprint density at radius 1 is 1.07 bits per heavy atom. The molecule has 0 atom stereocenters. The molecule has 6 nitrogen and oxygen atoms in total. The van der Waals surface area contributed by atoms with Crippen LogP contribution in [0, 0.1) is 13.8 Å². The van der Waals surface area contributed by atoms with E-state index in [1.165, 1.54) is 4.31 Å². The highest BCUT2D eigenvalue weighted by Crippen LogP contribution is 2.24. The van der Waals surface area contributed by atoms with Gasteiger partial charge in [-0.2, -0.15) is 4.31 Å². The van der Waals surface area contributed by atoms with Gasteiger partial charge in [-0.25, -0.2) is 8.42 Å². The summed E-state index contributed by atoms with van der Waals surface area (Å²) in [4.78, 5) is 26.9. The molecule has 1 aromatic carbocycles. The smallest absolute Gasteiger partial charge is 0.243 e. The van der Waals surface area contributed by atoms with E-state index in [4.69, 9.17) is 0 Å². The lowest BCUT2D eigenvalue weighted by atomic mass is 10.1. The van der Waals surface area contributed by atoms with Crippen LogP contribution < -0.4 is 5.32 Å². The Labute approximate surface area is 182 Å². The normalized spacial score (nSPS) is 15.1. The monoisotopic (exact) mass is 448 g/mol. The number of aryl methyl sites for hydroxylation is 2. The van der Waals surface area contributed by atoms with E-state index in [9.17, 15) is 18.0 Å². The summed E-state index contributed by atoms with van der Waals surface area (Å²) in [5.41, 5.74) is 1.25. The first-order valence-corrected chi connectivity index (χ1v) is 12.5. The first-order valence-electron chi connectivity index (χ1n) is 10.2. The lowest BCUT2D eigenvalue weighted by Crippen LogP contribution is -2.36. The molecule has 0 radical (unpaired) electrons. The molecule has 0 bridgehead atoms. The minimum Gasteiger partial charge on any atom is -0.352 e. The number of carbonyl (C=O) groups is 2. The van der Waals surface area contributed by atoms with E-state index in [-0.39, 0.29) is 36.0 Å². The van der Waals surface area contributed by atoms with E-state index in [0.29, 0.717) is 24.2 Å². The lowest BCUT2D eigenvalue weighted by molar-refractivity contribution is -0.121. The van der Waals surface area contributed by atoms with Crippen molar-refractivity contribution in [3.8, 4) is 0 Å². The van der Waals surface area contributed by atoms with Crippen LogP contribution in [0.3, 0.4) is 0 Å². The number of thiophene rings is 1. The summed E-state index contributed by atoms with van der Waals surface area (Å²) in [6, 6.07) is 8.65. The van der Waals surface area contributed by atoms with E-state index in [1.54, 1.807) is 35.6 Å². The Bertz CT molecular complexity index is 1020. The molecule has 1 aliphatic rings. The summed E-state index contributed by atoms with van der Waals surface area (Å²) in [6.45, 7) is 5.05. The highest BCUT2D eigenvalue weighted by Gasteiger charge is 2.27. The van der Waals surface area contributed by atoms with Gasteiger partial charge in [-0.05, 0) is 44.4 Å². The molecule has 1 fully saturated rings. The van der Waals surface area contributed by atoms with Crippen LogP contribution in [0.25, 0.3) is 0 Å². The molecule has 1 aromatic heterocycles. The zero-order valence-corrected chi connectivity index (χ0v) is 19.1. The number of benzene rings is 1. The Hall–Kier alpha value is -2.03. The second kappa shape index (κ2) is 9.85. The van der Waals surface area contributed by atoms with Crippen LogP contribution in [-0.2, 0) is 21.4 Å². The SMILES string of the molecule is Cc1cc(C(=O)CCC(=O)NCc2ccccc2S(=O)(=O)N2CCCCC2)c(C)s1. The fourth-order valence-electron chi connectivity index (χ4n) is 3.70. The number of nitrogens with zero attached hydrogens (tertiary/aromatic N) is 1. The second-order valence-electron chi connectivity index (χ2n) is 7.60. The van der Waals surface area contributed by atoms with Crippen molar-refractivity contribution in [3.05, 3.63) is 51.2 Å². The number of hydrogen-bond donors (Lipinski definition) is 1. The maximum atomic E-state index is 13.0. The van der Waals surface area contributed by atoms with Crippen molar-refractivity contribution in [1.82, 2.24) is 9.62 Å². The van der Waals surface area contributed by atoms with E-state index >= 15 is 0 Å². The molecular weight excluding hydrogens is 420 g/mol. The summed E-state index contributed by atoms with van der Waals surface area (Å²) < 4.78 is 27.6. The molecule has 0 aliphatic carbocycles. The molecule has 30 heavy (non-hydrogen) atoms. The zero-order chi connectivity index (χ0) is 21.7. The average molecular weight is 449 g/mol. The van der Waals surface area contributed by atoms with E-state index < -0.39 is 10.0 Å². The molecule has 0 saturated carbocycles. The molecule has 162 valence electrons. The largest absolute Gasteiger partial charge is 0.352 e.